The number of nitrogens with zero attached hydrogens (tertiary/aromatic N) is 2. The second-order valence-corrected chi connectivity index (χ2v) is 13.1. The van der Waals surface area contributed by atoms with Crippen molar-refractivity contribution in [2.75, 3.05) is 12.3 Å². The van der Waals surface area contributed by atoms with E-state index in [9.17, 15) is 26.4 Å². The van der Waals surface area contributed by atoms with Crippen molar-refractivity contribution < 1.29 is 26.4 Å². The summed E-state index contributed by atoms with van der Waals surface area (Å²) in [4.78, 5) is 19.6. The highest BCUT2D eigenvalue weighted by Gasteiger charge is 2.42. The molecular weight excluding hydrogens is 515 g/mol. The highest BCUT2D eigenvalue weighted by Crippen LogP contribution is 2.43. The summed E-state index contributed by atoms with van der Waals surface area (Å²) in [5.74, 6) is -0.845. The van der Waals surface area contributed by atoms with Crippen molar-refractivity contribution in [3.63, 3.8) is 0 Å². The number of carbonyl (C=O) groups is 1. The molecule has 38 heavy (non-hydrogen) atoms. The molecular formula is C28H36F3N3O3S. The molecule has 1 atom stereocenters. The summed E-state index contributed by atoms with van der Waals surface area (Å²) in [6.07, 6.45) is -1.19. The van der Waals surface area contributed by atoms with E-state index in [0.717, 1.165) is 12.1 Å². The molecule has 2 aliphatic rings. The predicted molar refractivity (Wildman–Crippen MR) is 139 cm³/mol. The van der Waals surface area contributed by atoms with E-state index in [4.69, 9.17) is 0 Å². The zero-order valence-corrected chi connectivity index (χ0v) is 22.9. The standard InChI is InChI=1S/C28H36F3N3O3S/c1-4-38(36,37)24-11-10-23(32-15-24)14-33-27(35)20-7-12-25-21(13-20)17-34(26(25)18(2)3)16-19-5-8-22(9-6-19)28(29,30)31/h7,10-13,15,18-19,22,26H,4-6,8-9,14,16-17H2,1-3H3,(H,33,35). The molecule has 1 aliphatic heterocycles. The second kappa shape index (κ2) is 11.3. The molecule has 0 bridgehead atoms. The van der Waals surface area contributed by atoms with E-state index in [1.807, 2.05) is 18.2 Å². The zero-order chi connectivity index (χ0) is 27.7. The summed E-state index contributed by atoms with van der Waals surface area (Å²) in [5, 5.41) is 2.85. The Bertz CT molecular complexity index is 1240. The fourth-order valence-electron chi connectivity index (χ4n) is 5.79. The first-order chi connectivity index (χ1) is 17.9. The third-order valence-electron chi connectivity index (χ3n) is 7.89. The van der Waals surface area contributed by atoms with Crippen LogP contribution in [0, 0.1) is 17.8 Å². The molecule has 2 aromatic rings. The molecule has 1 fully saturated rings. The molecule has 208 valence electrons. The Balaban J connectivity index is 1.38. The highest BCUT2D eigenvalue weighted by atomic mass is 32.2. The molecule has 1 unspecified atom stereocenters. The Hall–Kier alpha value is -2.46. The highest BCUT2D eigenvalue weighted by molar-refractivity contribution is 7.91. The topological polar surface area (TPSA) is 79.4 Å². The quantitative estimate of drug-likeness (QED) is 0.456. The lowest BCUT2D eigenvalue weighted by molar-refractivity contribution is -0.184. The van der Waals surface area contributed by atoms with Crippen LogP contribution in [0.15, 0.2) is 41.4 Å². The van der Waals surface area contributed by atoms with Gasteiger partial charge in [0.25, 0.3) is 5.91 Å². The fraction of sp³-hybridized carbons (Fsp3) is 0.571. The van der Waals surface area contributed by atoms with Crippen molar-refractivity contribution in [3.8, 4) is 0 Å². The van der Waals surface area contributed by atoms with Gasteiger partial charge in [0, 0.05) is 30.9 Å². The number of amides is 1. The molecule has 10 heteroatoms. The molecule has 1 amide bonds. The van der Waals surface area contributed by atoms with Crippen LogP contribution in [-0.2, 0) is 22.9 Å². The van der Waals surface area contributed by atoms with E-state index >= 15 is 0 Å². The number of hydrogen-bond acceptors (Lipinski definition) is 5. The minimum Gasteiger partial charge on any atom is -0.346 e. The maximum Gasteiger partial charge on any atom is 0.391 e. The van der Waals surface area contributed by atoms with Crippen molar-refractivity contribution in [1.29, 1.82) is 0 Å². The molecule has 1 saturated carbocycles. The van der Waals surface area contributed by atoms with Crippen LogP contribution in [0.5, 0.6) is 0 Å². The second-order valence-electron chi connectivity index (χ2n) is 10.9. The van der Waals surface area contributed by atoms with Gasteiger partial charge in [-0.3, -0.25) is 14.7 Å². The third kappa shape index (κ3) is 6.39. The van der Waals surface area contributed by atoms with Crippen LogP contribution in [0.4, 0.5) is 13.2 Å². The van der Waals surface area contributed by atoms with E-state index < -0.39 is 21.9 Å². The van der Waals surface area contributed by atoms with E-state index in [1.54, 1.807) is 13.0 Å². The number of sulfone groups is 1. The number of benzene rings is 1. The van der Waals surface area contributed by atoms with Crippen LogP contribution in [0.2, 0.25) is 0 Å². The molecule has 6 nitrogen and oxygen atoms in total. The number of halogens is 3. The predicted octanol–water partition coefficient (Wildman–Crippen LogP) is 5.69. The molecule has 1 aromatic heterocycles. The van der Waals surface area contributed by atoms with Crippen LogP contribution in [-0.4, -0.2) is 42.7 Å². The lowest BCUT2D eigenvalue weighted by atomic mass is 9.81. The smallest absolute Gasteiger partial charge is 0.346 e. The number of aromatic nitrogens is 1. The Morgan fingerprint density at radius 3 is 2.42 bits per heavy atom. The van der Waals surface area contributed by atoms with Crippen molar-refractivity contribution in [1.82, 2.24) is 15.2 Å². The van der Waals surface area contributed by atoms with E-state index in [2.05, 4.69) is 29.0 Å². The van der Waals surface area contributed by atoms with E-state index in [1.165, 1.54) is 17.8 Å². The van der Waals surface area contributed by atoms with Gasteiger partial charge in [-0.2, -0.15) is 13.2 Å². The van der Waals surface area contributed by atoms with Gasteiger partial charge >= 0.3 is 6.18 Å². The van der Waals surface area contributed by atoms with E-state index in [-0.39, 0.29) is 47.9 Å². The molecule has 0 spiro atoms. The van der Waals surface area contributed by atoms with Crippen LogP contribution in [0.3, 0.4) is 0 Å². The first-order valence-electron chi connectivity index (χ1n) is 13.3. The largest absolute Gasteiger partial charge is 0.391 e. The molecule has 1 N–H and O–H groups in total. The molecule has 2 heterocycles. The number of pyridine rings is 1. The minimum atomic E-state index is -4.10. The summed E-state index contributed by atoms with van der Waals surface area (Å²) < 4.78 is 63.1. The van der Waals surface area contributed by atoms with Gasteiger partial charge in [-0.25, -0.2) is 8.42 Å². The number of nitrogens with one attached hydrogen (secondary N) is 1. The van der Waals surface area contributed by atoms with Crippen LogP contribution < -0.4 is 5.32 Å². The van der Waals surface area contributed by atoms with Gasteiger partial charge in [0.05, 0.1) is 28.8 Å². The van der Waals surface area contributed by atoms with Crippen molar-refractivity contribution >= 4 is 15.7 Å². The number of alkyl halides is 3. The maximum atomic E-state index is 13.1. The van der Waals surface area contributed by atoms with Crippen LogP contribution >= 0.6 is 0 Å². The maximum absolute atomic E-state index is 13.1. The van der Waals surface area contributed by atoms with Gasteiger partial charge in [-0.05, 0) is 72.9 Å². The van der Waals surface area contributed by atoms with Gasteiger partial charge in [0.2, 0.25) is 0 Å². The first-order valence-corrected chi connectivity index (χ1v) is 14.9. The average Bonchev–Trinajstić information content (AvgIpc) is 3.24. The molecule has 1 aromatic carbocycles. The summed E-state index contributed by atoms with van der Waals surface area (Å²) in [7, 11) is -3.33. The zero-order valence-electron chi connectivity index (χ0n) is 22.1. The Labute approximate surface area is 222 Å². The molecule has 1 aliphatic carbocycles. The fourth-order valence-corrected chi connectivity index (χ4v) is 6.61. The van der Waals surface area contributed by atoms with Crippen molar-refractivity contribution in [3.05, 3.63) is 58.9 Å². The van der Waals surface area contributed by atoms with Crippen LogP contribution in [0.25, 0.3) is 0 Å². The Kier molecular flexibility index (Phi) is 8.52. The number of hydrogen-bond donors (Lipinski definition) is 1. The normalized spacial score (nSPS) is 22.4. The molecule has 0 saturated heterocycles. The minimum absolute atomic E-state index is 0.00261. The summed E-state index contributed by atoms with van der Waals surface area (Å²) in [6.45, 7) is 7.48. The van der Waals surface area contributed by atoms with Gasteiger partial charge in [-0.1, -0.05) is 26.8 Å². The third-order valence-corrected chi connectivity index (χ3v) is 9.61. The van der Waals surface area contributed by atoms with Gasteiger partial charge in [0.1, 0.15) is 0 Å². The monoisotopic (exact) mass is 551 g/mol. The summed E-state index contributed by atoms with van der Waals surface area (Å²) in [6, 6.07) is 8.98. The number of fused-ring (bicyclic) bond motifs is 1. The lowest BCUT2D eigenvalue weighted by Gasteiger charge is -2.35. The van der Waals surface area contributed by atoms with Crippen molar-refractivity contribution in [2.24, 2.45) is 17.8 Å². The number of rotatable bonds is 8. The van der Waals surface area contributed by atoms with Gasteiger partial charge < -0.3 is 5.32 Å². The van der Waals surface area contributed by atoms with E-state index in [0.29, 0.717) is 36.6 Å². The summed E-state index contributed by atoms with van der Waals surface area (Å²) >= 11 is 0. The Morgan fingerprint density at radius 1 is 1.13 bits per heavy atom. The molecule has 4 rings (SSSR count). The van der Waals surface area contributed by atoms with Gasteiger partial charge in [0.15, 0.2) is 9.84 Å². The van der Waals surface area contributed by atoms with Crippen LogP contribution in [0.1, 0.15) is 79.7 Å². The lowest BCUT2D eigenvalue weighted by Crippen LogP contribution is -2.34. The SMILES string of the molecule is CCS(=O)(=O)c1ccc(CNC(=O)c2ccc3c(c2)CN(CC2CCC(C(F)(F)F)CC2)C3C(C)C)nc1. The van der Waals surface area contributed by atoms with Gasteiger partial charge in [-0.15, -0.1) is 0 Å². The van der Waals surface area contributed by atoms with Crippen molar-refractivity contribution in [2.45, 2.75) is 76.7 Å². The molecule has 0 radical (unpaired) electrons. The number of carbonyl (C=O) groups excluding carboxylic acids is 1. The first kappa shape index (κ1) is 28.5. The summed E-state index contributed by atoms with van der Waals surface area (Å²) in [5.41, 5.74) is 3.34. The average molecular weight is 552 g/mol. The Morgan fingerprint density at radius 2 is 1.84 bits per heavy atom.